The molecule has 1 fully saturated rings. The minimum Gasteiger partial charge on any atom is -0.388 e. The summed E-state index contributed by atoms with van der Waals surface area (Å²) in [6, 6.07) is 1.72. The first-order valence-corrected chi connectivity index (χ1v) is 6.92. The molecule has 20 heavy (non-hydrogen) atoms. The Morgan fingerprint density at radius 1 is 1.35 bits per heavy atom. The quantitative estimate of drug-likeness (QED) is 0.838. The Labute approximate surface area is 116 Å². The Kier molecular flexibility index (Phi) is 4.39. The molecule has 112 valence electrons. The van der Waals surface area contributed by atoms with Crippen molar-refractivity contribution >= 4 is 0 Å². The van der Waals surface area contributed by atoms with E-state index in [0.717, 1.165) is 25.0 Å². The van der Waals surface area contributed by atoms with Gasteiger partial charge in [-0.2, -0.15) is 0 Å². The van der Waals surface area contributed by atoms with Gasteiger partial charge < -0.3 is 10.8 Å². The largest absolute Gasteiger partial charge is 0.388 e. The zero-order chi connectivity index (χ0) is 14.9. The summed E-state index contributed by atoms with van der Waals surface area (Å²) < 4.78 is 39.6. The standard InChI is InChI=1S/C15H20F3NO/c1-9-3-2-4-15(7-9,8-19)14(20)10-5-11(16)13(18)12(17)6-10/h5-6,9,14,20H,2-4,7-8,19H2,1H3. The molecule has 0 saturated heterocycles. The number of hydrogen-bond donors (Lipinski definition) is 2. The summed E-state index contributed by atoms with van der Waals surface area (Å²) in [5.74, 6) is -3.68. The highest BCUT2D eigenvalue weighted by Gasteiger charge is 2.41. The highest BCUT2D eigenvalue weighted by atomic mass is 19.2. The highest BCUT2D eigenvalue weighted by molar-refractivity contribution is 5.24. The highest BCUT2D eigenvalue weighted by Crippen LogP contribution is 2.47. The molecule has 0 bridgehead atoms. The molecule has 3 unspecified atom stereocenters. The lowest BCUT2D eigenvalue weighted by atomic mass is 9.65. The molecule has 2 rings (SSSR count). The number of halogens is 3. The smallest absolute Gasteiger partial charge is 0.194 e. The number of nitrogens with two attached hydrogens (primary N) is 1. The van der Waals surface area contributed by atoms with Crippen molar-refractivity contribution < 1.29 is 18.3 Å². The van der Waals surface area contributed by atoms with Gasteiger partial charge in [-0.3, -0.25) is 0 Å². The van der Waals surface area contributed by atoms with Crippen LogP contribution in [0.3, 0.4) is 0 Å². The van der Waals surface area contributed by atoms with Crippen LogP contribution in [0, 0.1) is 28.8 Å². The molecule has 1 aliphatic rings. The number of aliphatic hydroxyl groups is 1. The fourth-order valence-corrected chi connectivity index (χ4v) is 3.33. The van der Waals surface area contributed by atoms with E-state index in [2.05, 4.69) is 6.92 Å². The third kappa shape index (κ3) is 2.69. The number of hydrogen-bond acceptors (Lipinski definition) is 2. The van der Waals surface area contributed by atoms with E-state index in [1.54, 1.807) is 0 Å². The fraction of sp³-hybridized carbons (Fsp3) is 0.600. The fourth-order valence-electron chi connectivity index (χ4n) is 3.33. The third-order valence-electron chi connectivity index (χ3n) is 4.44. The van der Waals surface area contributed by atoms with Gasteiger partial charge in [-0.15, -0.1) is 0 Å². The van der Waals surface area contributed by atoms with Crippen LogP contribution in [0.1, 0.15) is 44.3 Å². The third-order valence-corrected chi connectivity index (χ3v) is 4.44. The van der Waals surface area contributed by atoms with Crippen LogP contribution < -0.4 is 5.73 Å². The van der Waals surface area contributed by atoms with E-state index in [0.29, 0.717) is 18.8 Å². The van der Waals surface area contributed by atoms with Crippen molar-refractivity contribution in [3.05, 3.63) is 35.1 Å². The number of aliphatic hydroxyl groups excluding tert-OH is 1. The molecule has 0 spiro atoms. The van der Waals surface area contributed by atoms with E-state index in [-0.39, 0.29) is 12.1 Å². The summed E-state index contributed by atoms with van der Waals surface area (Å²) in [7, 11) is 0. The Balaban J connectivity index is 2.35. The van der Waals surface area contributed by atoms with Gasteiger partial charge in [-0.05, 0) is 36.5 Å². The van der Waals surface area contributed by atoms with Crippen LogP contribution in [0.5, 0.6) is 0 Å². The second-order valence-electron chi connectivity index (χ2n) is 5.97. The molecule has 0 aromatic heterocycles. The summed E-state index contributed by atoms with van der Waals surface area (Å²) in [6.07, 6.45) is 2.29. The Bertz CT molecular complexity index is 471. The van der Waals surface area contributed by atoms with Crippen LogP contribution in [-0.2, 0) is 0 Å². The molecule has 5 heteroatoms. The minimum absolute atomic E-state index is 0.0564. The van der Waals surface area contributed by atoms with E-state index in [9.17, 15) is 18.3 Å². The Hall–Kier alpha value is -1.07. The molecule has 3 atom stereocenters. The van der Waals surface area contributed by atoms with Crippen molar-refractivity contribution in [3.63, 3.8) is 0 Å². The first kappa shape index (κ1) is 15.3. The van der Waals surface area contributed by atoms with Gasteiger partial charge in [0.15, 0.2) is 17.5 Å². The van der Waals surface area contributed by atoms with Gasteiger partial charge in [0.05, 0.1) is 6.10 Å². The van der Waals surface area contributed by atoms with Crippen molar-refractivity contribution in [1.29, 1.82) is 0 Å². The molecule has 3 N–H and O–H groups in total. The number of benzene rings is 1. The lowest BCUT2D eigenvalue weighted by molar-refractivity contribution is -0.0134. The molecule has 1 saturated carbocycles. The van der Waals surface area contributed by atoms with Gasteiger partial charge >= 0.3 is 0 Å². The second kappa shape index (κ2) is 5.74. The molecule has 1 aliphatic carbocycles. The van der Waals surface area contributed by atoms with Crippen molar-refractivity contribution in [2.24, 2.45) is 17.1 Å². The molecular formula is C15H20F3NO. The first-order chi connectivity index (χ1) is 9.39. The summed E-state index contributed by atoms with van der Waals surface area (Å²) in [5.41, 5.74) is 5.29. The van der Waals surface area contributed by atoms with Gasteiger partial charge in [-0.25, -0.2) is 13.2 Å². The van der Waals surface area contributed by atoms with Crippen molar-refractivity contribution in [2.75, 3.05) is 6.54 Å². The average molecular weight is 287 g/mol. The van der Waals surface area contributed by atoms with Crippen LogP contribution in [0.15, 0.2) is 12.1 Å². The zero-order valence-corrected chi connectivity index (χ0v) is 11.5. The normalized spacial score (nSPS) is 28.4. The Morgan fingerprint density at radius 2 is 1.95 bits per heavy atom. The zero-order valence-electron chi connectivity index (χ0n) is 11.5. The summed E-state index contributed by atoms with van der Waals surface area (Å²) in [6.45, 7) is 2.31. The topological polar surface area (TPSA) is 46.2 Å². The van der Waals surface area contributed by atoms with E-state index < -0.39 is 29.0 Å². The first-order valence-electron chi connectivity index (χ1n) is 6.92. The van der Waals surface area contributed by atoms with E-state index in [4.69, 9.17) is 5.73 Å². The van der Waals surface area contributed by atoms with Gasteiger partial charge in [0, 0.05) is 12.0 Å². The van der Waals surface area contributed by atoms with Crippen molar-refractivity contribution in [3.8, 4) is 0 Å². The van der Waals surface area contributed by atoms with Gasteiger partial charge in [0.2, 0.25) is 0 Å². The maximum absolute atomic E-state index is 13.3. The lowest BCUT2D eigenvalue weighted by Gasteiger charge is -2.43. The minimum atomic E-state index is -1.51. The molecule has 2 nitrogen and oxygen atoms in total. The lowest BCUT2D eigenvalue weighted by Crippen LogP contribution is -2.40. The predicted octanol–water partition coefficient (Wildman–Crippen LogP) is 3.29. The molecular weight excluding hydrogens is 267 g/mol. The van der Waals surface area contributed by atoms with Gasteiger partial charge in [0.1, 0.15) is 0 Å². The second-order valence-corrected chi connectivity index (χ2v) is 5.97. The SMILES string of the molecule is CC1CCCC(CN)(C(O)c2cc(F)c(F)c(F)c2)C1. The van der Waals surface area contributed by atoms with Crippen LogP contribution in [0.4, 0.5) is 13.2 Å². The van der Waals surface area contributed by atoms with Crippen LogP contribution in [0.2, 0.25) is 0 Å². The van der Waals surface area contributed by atoms with Crippen LogP contribution in [0.25, 0.3) is 0 Å². The molecule has 0 amide bonds. The number of rotatable bonds is 3. The summed E-state index contributed by atoms with van der Waals surface area (Å²) >= 11 is 0. The Morgan fingerprint density at radius 3 is 2.45 bits per heavy atom. The maximum Gasteiger partial charge on any atom is 0.194 e. The molecule has 0 radical (unpaired) electrons. The molecule has 0 aliphatic heterocycles. The van der Waals surface area contributed by atoms with Gasteiger partial charge in [0.25, 0.3) is 0 Å². The summed E-state index contributed by atoms with van der Waals surface area (Å²) in [4.78, 5) is 0. The van der Waals surface area contributed by atoms with E-state index >= 15 is 0 Å². The summed E-state index contributed by atoms with van der Waals surface area (Å²) in [5, 5.41) is 10.5. The van der Waals surface area contributed by atoms with Crippen molar-refractivity contribution in [2.45, 2.75) is 38.7 Å². The van der Waals surface area contributed by atoms with Gasteiger partial charge in [-0.1, -0.05) is 19.8 Å². The molecule has 0 heterocycles. The molecule has 1 aromatic carbocycles. The average Bonchev–Trinajstić information content (AvgIpc) is 2.43. The van der Waals surface area contributed by atoms with Crippen LogP contribution in [-0.4, -0.2) is 11.7 Å². The van der Waals surface area contributed by atoms with E-state index in [1.807, 2.05) is 0 Å². The van der Waals surface area contributed by atoms with Crippen molar-refractivity contribution in [1.82, 2.24) is 0 Å². The van der Waals surface area contributed by atoms with E-state index in [1.165, 1.54) is 0 Å². The monoisotopic (exact) mass is 287 g/mol. The molecule has 1 aromatic rings. The van der Waals surface area contributed by atoms with Crippen LogP contribution >= 0.6 is 0 Å². The predicted molar refractivity (Wildman–Crippen MR) is 70.4 cm³/mol. The maximum atomic E-state index is 13.3.